The minimum absolute atomic E-state index is 0.137. The first kappa shape index (κ1) is 13.0. The zero-order valence-electron chi connectivity index (χ0n) is 10.4. The van der Waals surface area contributed by atoms with Gasteiger partial charge in [0.05, 0.1) is 5.69 Å². The largest absolute Gasteiger partial charge is 0.318 e. The van der Waals surface area contributed by atoms with E-state index in [2.05, 4.69) is 4.98 Å². The molecule has 98 valence electrons. The van der Waals surface area contributed by atoms with Crippen molar-refractivity contribution < 1.29 is 9.18 Å². The van der Waals surface area contributed by atoms with Crippen LogP contribution in [0.25, 0.3) is 0 Å². The van der Waals surface area contributed by atoms with Gasteiger partial charge in [0, 0.05) is 12.6 Å². The van der Waals surface area contributed by atoms with E-state index in [0.29, 0.717) is 6.54 Å². The number of nitrogens with one attached hydrogen (secondary N) is 1. The SMILES string of the molecule is CCN(C(=O)c1cccc(=O)[nH]1)c1ccccc1F. The lowest BCUT2D eigenvalue weighted by atomic mass is 10.2. The molecule has 0 aliphatic rings. The molecule has 0 radical (unpaired) electrons. The van der Waals surface area contributed by atoms with Crippen LogP contribution < -0.4 is 10.5 Å². The number of anilines is 1. The number of para-hydroxylation sites is 1. The molecule has 19 heavy (non-hydrogen) atoms. The van der Waals surface area contributed by atoms with Gasteiger partial charge in [-0.2, -0.15) is 0 Å². The molecule has 1 amide bonds. The number of hydrogen-bond donors (Lipinski definition) is 1. The number of halogens is 1. The van der Waals surface area contributed by atoms with Crippen LogP contribution in [0.4, 0.5) is 10.1 Å². The normalized spacial score (nSPS) is 10.2. The van der Waals surface area contributed by atoms with Crippen LogP contribution in [0.3, 0.4) is 0 Å². The summed E-state index contributed by atoms with van der Waals surface area (Å²) in [4.78, 5) is 27.2. The van der Waals surface area contributed by atoms with Crippen molar-refractivity contribution in [2.24, 2.45) is 0 Å². The Morgan fingerprint density at radius 3 is 2.58 bits per heavy atom. The fraction of sp³-hybridized carbons (Fsp3) is 0.143. The summed E-state index contributed by atoms with van der Waals surface area (Å²) in [6, 6.07) is 10.3. The standard InChI is InChI=1S/C14H13FN2O2/c1-2-17(12-8-4-3-6-10(12)15)14(19)11-7-5-9-13(18)16-11/h3-9H,2H2,1H3,(H,16,18). The van der Waals surface area contributed by atoms with Crippen LogP contribution in [0.2, 0.25) is 0 Å². The monoisotopic (exact) mass is 260 g/mol. The van der Waals surface area contributed by atoms with Crippen LogP contribution in [-0.4, -0.2) is 17.4 Å². The third-order valence-corrected chi connectivity index (χ3v) is 2.70. The Hall–Kier alpha value is -2.43. The molecule has 0 unspecified atom stereocenters. The average Bonchev–Trinajstić information content (AvgIpc) is 2.41. The summed E-state index contributed by atoms with van der Waals surface area (Å²) in [6.45, 7) is 2.04. The maximum absolute atomic E-state index is 13.7. The van der Waals surface area contributed by atoms with E-state index in [4.69, 9.17) is 0 Å². The van der Waals surface area contributed by atoms with Gasteiger partial charge in [-0.15, -0.1) is 0 Å². The van der Waals surface area contributed by atoms with Crippen LogP contribution in [0.15, 0.2) is 47.3 Å². The number of H-pyrrole nitrogens is 1. The quantitative estimate of drug-likeness (QED) is 0.919. The zero-order valence-corrected chi connectivity index (χ0v) is 10.4. The molecule has 0 aliphatic heterocycles. The highest BCUT2D eigenvalue weighted by molar-refractivity contribution is 6.04. The van der Waals surface area contributed by atoms with Gasteiger partial charge in [0.25, 0.3) is 5.91 Å². The lowest BCUT2D eigenvalue weighted by Crippen LogP contribution is -2.33. The van der Waals surface area contributed by atoms with Gasteiger partial charge in [-0.1, -0.05) is 18.2 Å². The molecular formula is C14H13FN2O2. The summed E-state index contributed by atoms with van der Waals surface area (Å²) in [7, 11) is 0. The van der Waals surface area contributed by atoms with Crippen LogP contribution in [0.5, 0.6) is 0 Å². The van der Waals surface area contributed by atoms with Gasteiger partial charge in [-0.25, -0.2) is 4.39 Å². The third kappa shape index (κ3) is 2.70. The topological polar surface area (TPSA) is 53.2 Å². The van der Waals surface area contributed by atoms with E-state index < -0.39 is 11.7 Å². The van der Waals surface area contributed by atoms with E-state index in [1.165, 1.54) is 35.2 Å². The second-order valence-corrected chi connectivity index (χ2v) is 3.93. The number of amides is 1. The maximum atomic E-state index is 13.7. The van der Waals surface area contributed by atoms with E-state index in [9.17, 15) is 14.0 Å². The molecule has 0 bridgehead atoms. The lowest BCUT2D eigenvalue weighted by Gasteiger charge is -2.21. The van der Waals surface area contributed by atoms with Crippen molar-refractivity contribution in [3.63, 3.8) is 0 Å². The first-order valence-electron chi connectivity index (χ1n) is 5.89. The fourth-order valence-corrected chi connectivity index (χ4v) is 1.81. The maximum Gasteiger partial charge on any atom is 0.274 e. The minimum atomic E-state index is -0.476. The summed E-state index contributed by atoms with van der Waals surface area (Å²) in [6.07, 6.45) is 0. The van der Waals surface area contributed by atoms with Crippen LogP contribution in [0.1, 0.15) is 17.4 Å². The molecule has 0 saturated heterocycles. The Balaban J connectivity index is 2.41. The number of pyridine rings is 1. The molecule has 0 fully saturated rings. The molecule has 2 aromatic rings. The number of carbonyl (C=O) groups excluding carboxylic acids is 1. The molecule has 5 heteroatoms. The smallest absolute Gasteiger partial charge is 0.274 e. The van der Waals surface area contributed by atoms with Gasteiger partial charge >= 0.3 is 0 Å². The van der Waals surface area contributed by atoms with Crippen molar-refractivity contribution in [1.82, 2.24) is 4.98 Å². The van der Waals surface area contributed by atoms with E-state index in [-0.39, 0.29) is 16.9 Å². The molecule has 1 aromatic heterocycles. The number of rotatable bonds is 3. The molecule has 4 nitrogen and oxygen atoms in total. The summed E-state index contributed by atoms with van der Waals surface area (Å²) in [5.41, 5.74) is -0.0345. The Kier molecular flexibility index (Phi) is 3.75. The highest BCUT2D eigenvalue weighted by Gasteiger charge is 2.19. The second-order valence-electron chi connectivity index (χ2n) is 3.93. The van der Waals surface area contributed by atoms with Gasteiger partial charge in [0.2, 0.25) is 5.56 Å². The van der Waals surface area contributed by atoms with E-state index in [1.54, 1.807) is 19.1 Å². The summed E-state index contributed by atoms with van der Waals surface area (Å²) >= 11 is 0. The Morgan fingerprint density at radius 2 is 1.95 bits per heavy atom. The van der Waals surface area contributed by atoms with Crippen molar-refractivity contribution in [2.45, 2.75) is 6.92 Å². The number of hydrogen-bond acceptors (Lipinski definition) is 2. The Bertz CT molecular complexity index is 652. The molecule has 1 N–H and O–H groups in total. The van der Waals surface area contributed by atoms with E-state index in [1.807, 2.05) is 0 Å². The first-order chi connectivity index (χ1) is 9.13. The molecule has 0 saturated carbocycles. The highest BCUT2D eigenvalue weighted by Crippen LogP contribution is 2.19. The van der Waals surface area contributed by atoms with Crippen molar-refractivity contribution in [3.8, 4) is 0 Å². The predicted molar refractivity (Wildman–Crippen MR) is 70.8 cm³/mol. The van der Waals surface area contributed by atoms with Crippen molar-refractivity contribution >= 4 is 11.6 Å². The minimum Gasteiger partial charge on any atom is -0.318 e. The Labute approximate surface area is 109 Å². The van der Waals surface area contributed by atoms with Gasteiger partial charge in [-0.3, -0.25) is 9.59 Å². The van der Waals surface area contributed by atoms with Gasteiger partial charge in [-0.05, 0) is 25.1 Å². The number of aromatic nitrogens is 1. The molecule has 2 rings (SSSR count). The Morgan fingerprint density at radius 1 is 1.21 bits per heavy atom. The van der Waals surface area contributed by atoms with Crippen LogP contribution >= 0.6 is 0 Å². The number of nitrogens with zero attached hydrogens (tertiary/aromatic N) is 1. The first-order valence-corrected chi connectivity index (χ1v) is 5.89. The van der Waals surface area contributed by atoms with Crippen molar-refractivity contribution in [3.05, 3.63) is 64.3 Å². The van der Waals surface area contributed by atoms with Gasteiger partial charge in [0.1, 0.15) is 11.5 Å². The predicted octanol–water partition coefficient (Wildman–Crippen LogP) is 2.18. The highest BCUT2D eigenvalue weighted by atomic mass is 19.1. The number of benzene rings is 1. The summed E-state index contributed by atoms with van der Waals surface area (Å²) in [5, 5.41) is 0. The number of aromatic amines is 1. The van der Waals surface area contributed by atoms with Crippen molar-refractivity contribution in [2.75, 3.05) is 11.4 Å². The molecule has 1 heterocycles. The van der Waals surface area contributed by atoms with Crippen LogP contribution in [0, 0.1) is 5.82 Å². The van der Waals surface area contributed by atoms with Gasteiger partial charge in [0.15, 0.2) is 0 Å². The summed E-state index contributed by atoms with van der Waals surface area (Å²) < 4.78 is 13.7. The molecule has 0 aliphatic carbocycles. The molecule has 0 atom stereocenters. The number of carbonyl (C=O) groups is 1. The van der Waals surface area contributed by atoms with Gasteiger partial charge < -0.3 is 9.88 Å². The van der Waals surface area contributed by atoms with Crippen molar-refractivity contribution in [1.29, 1.82) is 0 Å². The molecule has 0 spiro atoms. The van der Waals surface area contributed by atoms with E-state index >= 15 is 0 Å². The molecular weight excluding hydrogens is 247 g/mol. The molecule has 1 aromatic carbocycles. The fourth-order valence-electron chi connectivity index (χ4n) is 1.81. The van der Waals surface area contributed by atoms with E-state index in [0.717, 1.165) is 0 Å². The second kappa shape index (κ2) is 5.48. The zero-order chi connectivity index (χ0) is 13.8. The third-order valence-electron chi connectivity index (χ3n) is 2.70. The summed E-state index contributed by atoms with van der Waals surface area (Å²) in [5.74, 6) is -0.915. The lowest BCUT2D eigenvalue weighted by molar-refractivity contribution is 0.0982. The van der Waals surface area contributed by atoms with Crippen LogP contribution in [-0.2, 0) is 0 Å². The average molecular weight is 260 g/mol.